The maximum Gasteiger partial charge on any atom is 0.343 e. The van der Waals surface area contributed by atoms with Crippen molar-refractivity contribution in [2.24, 2.45) is 0 Å². The van der Waals surface area contributed by atoms with Crippen LogP contribution in [0.5, 0.6) is 0 Å². The van der Waals surface area contributed by atoms with Crippen molar-refractivity contribution in [2.45, 2.75) is 30.8 Å². The maximum atomic E-state index is 11.5. The first-order chi connectivity index (χ1) is 8.31. The molecular weight excluding hydrogens is 236 g/mol. The van der Waals surface area contributed by atoms with E-state index in [1.165, 1.54) is 11.8 Å². The molecule has 17 heavy (non-hydrogen) atoms. The minimum Gasteiger partial charge on any atom is -0.270 e. The van der Waals surface area contributed by atoms with Gasteiger partial charge in [0.05, 0.1) is 5.69 Å². The summed E-state index contributed by atoms with van der Waals surface area (Å²) >= 11 is 1.52. The molecule has 0 unspecified atom stereocenters. The Morgan fingerprint density at radius 1 is 1.47 bits per heavy atom. The summed E-state index contributed by atoms with van der Waals surface area (Å²) in [6, 6.07) is 5.80. The lowest BCUT2D eigenvalue weighted by molar-refractivity contribution is 0.603. The molecule has 2 aromatic rings. The van der Waals surface area contributed by atoms with Crippen molar-refractivity contribution in [2.75, 3.05) is 0 Å². The number of hydrogen-bond donors (Lipinski definition) is 1. The fraction of sp³-hybridized carbons (Fsp3) is 0.364. The SMILES string of the molecule is CCCn1c(SCc2ccccn2)n[nH]c1=O. The molecule has 0 aromatic carbocycles. The molecule has 6 heteroatoms. The molecule has 2 heterocycles. The summed E-state index contributed by atoms with van der Waals surface area (Å²) in [6.45, 7) is 2.73. The largest absolute Gasteiger partial charge is 0.343 e. The first-order valence-electron chi connectivity index (χ1n) is 5.49. The highest BCUT2D eigenvalue weighted by Crippen LogP contribution is 2.18. The number of nitrogens with one attached hydrogen (secondary N) is 1. The molecule has 0 fully saturated rings. The van der Waals surface area contributed by atoms with Gasteiger partial charge in [-0.3, -0.25) is 9.55 Å². The van der Waals surface area contributed by atoms with Crippen molar-refractivity contribution in [1.82, 2.24) is 19.7 Å². The van der Waals surface area contributed by atoms with Gasteiger partial charge in [0, 0.05) is 18.5 Å². The zero-order valence-electron chi connectivity index (χ0n) is 9.59. The zero-order valence-corrected chi connectivity index (χ0v) is 10.4. The van der Waals surface area contributed by atoms with Gasteiger partial charge in [-0.2, -0.15) is 0 Å². The lowest BCUT2D eigenvalue weighted by Gasteiger charge is -2.02. The number of aromatic amines is 1. The average molecular weight is 250 g/mol. The highest BCUT2D eigenvalue weighted by Gasteiger charge is 2.08. The quantitative estimate of drug-likeness (QED) is 0.820. The molecule has 0 aliphatic carbocycles. The first-order valence-corrected chi connectivity index (χ1v) is 6.47. The second-order valence-corrected chi connectivity index (χ2v) is 4.52. The van der Waals surface area contributed by atoms with Gasteiger partial charge in [0.1, 0.15) is 0 Å². The third-order valence-corrected chi connectivity index (χ3v) is 3.26. The molecule has 0 amide bonds. The number of hydrogen-bond acceptors (Lipinski definition) is 4. The monoisotopic (exact) mass is 250 g/mol. The molecule has 0 aliphatic heterocycles. The van der Waals surface area contributed by atoms with E-state index in [9.17, 15) is 4.79 Å². The summed E-state index contributed by atoms with van der Waals surface area (Å²) < 4.78 is 1.66. The van der Waals surface area contributed by atoms with Crippen LogP contribution in [0.25, 0.3) is 0 Å². The number of pyridine rings is 1. The van der Waals surface area contributed by atoms with Crippen molar-refractivity contribution >= 4 is 11.8 Å². The summed E-state index contributed by atoms with van der Waals surface area (Å²) in [7, 11) is 0. The van der Waals surface area contributed by atoms with Gasteiger partial charge in [-0.1, -0.05) is 24.8 Å². The summed E-state index contributed by atoms with van der Waals surface area (Å²) in [4.78, 5) is 15.7. The normalized spacial score (nSPS) is 10.6. The van der Waals surface area contributed by atoms with Crippen molar-refractivity contribution < 1.29 is 0 Å². The Morgan fingerprint density at radius 2 is 2.35 bits per heavy atom. The Balaban J connectivity index is 2.07. The van der Waals surface area contributed by atoms with E-state index in [0.29, 0.717) is 6.54 Å². The second kappa shape index (κ2) is 5.67. The van der Waals surface area contributed by atoms with E-state index in [4.69, 9.17) is 0 Å². The van der Waals surface area contributed by atoms with Gasteiger partial charge < -0.3 is 0 Å². The van der Waals surface area contributed by atoms with Gasteiger partial charge in [-0.05, 0) is 18.6 Å². The van der Waals surface area contributed by atoms with Crippen LogP contribution >= 0.6 is 11.8 Å². The highest BCUT2D eigenvalue weighted by molar-refractivity contribution is 7.98. The van der Waals surface area contributed by atoms with E-state index >= 15 is 0 Å². The second-order valence-electron chi connectivity index (χ2n) is 3.57. The fourth-order valence-corrected chi connectivity index (χ4v) is 2.34. The number of H-pyrrole nitrogens is 1. The van der Waals surface area contributed by atoms with Crippen LogP contribution in [-0.4, -0.2) is 19.7 Å². The topological polar surface area (TPSA) is 63.6 Å². The lowest BCUT2D eigenvalue weighted by Crippen LogP contribution is -2.17. The molecular formula is C11H14N4OS. The lowest BCUT2D eigenvalue weighted by atomic mass is 10.4. The highest BCUT2D eigenvalue weighted by atomic mass is 32.2. The Labute approximate surface area is 103 Å². The summed E-state index contributed by atoms with van der Waals surface area (Å²) in [6.07, 6.45) is 2.68. The number of rotatable bonds is 5. The predicted octanol–water partition coefficient (Wildman–Crippen LogP) is 1.67. The molecule has 90 valence electrons. The van der Waals surface area contributed by atoms with Crippen LogP contribution < -0.4 is 5.69 Å². The van der Waals surface area contributed by atoms with Crippen LogP contribution in [0.4, 0.5) is 0 Å². The molecule has 0 saturated heterocycles. The van der Waals surface area contributed by atoms with Crippen LogP contribution in [0.2, 0.25) is 0 Å². The fourth-order valence-electron chi connectivity index (χ4n) is 1.46. The summed E-state index contributed by atoms with van der Waals surface area (Å²) in [5, 5.41) is 7.21. The molecule has 0 bridgehead atoms. The smallest absolute Gasteiger partial charge is 0.270 e. The molecule has 0 spiro atoms. The van der Waals surface area contributed by atoms with Gasteiger partial charge in [0.15, 0.2) is 5.16 Å². The van der Waals surface area contributed by atoms with E-state index in [2.05, 4.69) is 15.2 Å². The van der Waals surface area contributed by atoms with E-state index in [1.807, 2.05) is 25.1 Å². The van der Waals surface area contributed by atoms with Crippen LogP contribution in [0.3, 0.4) is 0 Å². The zero-order chi connectivity index (χ0) is 12.1. The molecule has 0 atom stereocenters. The van der Waals surface area contributed by atoms with Crippen molar-refractivity contribution in [3.8, 4) is 0 Å². The third kappa shape index (κ3) is 2.97. The van der Waals surface area contributed by atoms with Crippen LogP contribution in [-0.2, 0) is 12.3 Å². The summed E-state index contributed by atoms with van der Waals surface area (Å²) in [5.74, 6) is 0.717. The molecule has 0 radical (unpaired) electrons. The predicted molar refractivity (Wildman–Crippen MR) is 66.9 cm³/mol. The maximum absolute atomic E-state index is 11.5. The van der Waals surface area contributed by atoms with Crippen molar-refractivity contribution in [1.29, 1.82) is 0 Å². The summed E-state index contributed by atoms with van der Waals surface area (Å²) in [5.41, 5.74) is 0.839. The van der Waals surface area contributed by atoms with Crippen LogP contribution in [0, 0.1) is 0 Å². The van der Waals surface area contributed by atoms with E-state index in [1.54, 1.807) is 10.8 Å². The molecule has 2 rings (SSSR count). The molecule has 1 N–H and O–H groups in total. The van der Waals surface area contributed by atoms with Gasteiger partial charge in [-0.15, -0.1) is 5.10 Å². The van der Waals surface area contributed by atoms with Gasteiger partial charge >= 0.3 is 5.69 Å². The van der Waals surface area contributed by atoms with Crippen LogP contribution in [0.1, 0.15) is 19.0 Å². The van der Waals surface area contributed by atoms with E-state index in [-0.39, 0.29) is 5.69 Å². The Hall–Kier alpha value is -1.56. The Morgan fingerprint density at radius 3 is 3.06 bits per heavy atom. The minimum atomic E-state index is -0.143. The van der Waals surface area contributed by atoms with Gasteiger partial charge in [0.25, 0.3) is 0 Å². The van der Waals surface area contributed by atoms with Gasteiger partial charge in [0.2, 0.25) is 0 Å². The molecule has 5 nitrogen and oxygen atoms in total. The number of aromatic nitrogens is 4. The molecule has 2 aromatic heterocycles. The first kappa shape index (κ1) is 11.9. The van der Waals surface area contributed by atoms with Crippen LogP contribution in [0.15, 0.2) is 34.3 Å². The van der Waals surface area contributed by atoms with Crippen molar-refractivity contribution in [3.05, 3.63) is 40.6 Å². The third-order valence-electron chi connectivity index (χ3n) is 2.25. The van der Waals surface area contributed by atoms with Crippen molar-refractivity contribution in [3.63, 3.8) is 0 Å². The average Bonchev–Trinajstić information content (AvgIpc) is 2.70. The number of nitrogens with zero attached hydrogens (tertiary/aromatic N) is 3. The van der Waals surface area contributed by atoms with Gasteiger partial charge in [-0.25, -0.2) is 9.89 Å². The molecule has 0 aliphatic rings. The van der Waals surface area contributed by atoms with E-state index in [0.717, 1.165) is 23.0 Å². The Bertz CT molecular complexity index is 520. The Kier molecular flexibility index (Phi) is 3.98. The minimum absolute atomic E-state index is 0.143. The standard InChI is InChI=1S/C11H14N4OS/c1-2-7-15-10(16)13-14-11(15)17-8-9-5-3-4-6-12-9/h3-6H,2,7-8H2,1H3,(H,13,16). The van der Waals surface area contributed by atoms with E-state index < -0.39 is 0 Å². The molecule has 0 saturated carbocycles. The number of thioether (sulfide) groups is 1.